The van der Waals surface area contributed by atoms with Gasteiger partial charge in [-0.25, -0.2) is 13.1 Å². The van der Waals surface area contributed by atoms with Gasteiger partial charge in [0.1, 0.15) is 10.6 Å². The lowest BCUT2D eigenvalue weighted by Gasteiger charge is -2.09. The van der Waals surface area contributed by atoms with Crippen LogP contribution in [0.25, 0.3) is 11.3 Å². The molecule has 0 saturated carbocycles. The first-order valence-electron chi connectivity index (χ1n) is 7.56. The first kappa shape index (κ1) is 17.7. The molecule has 0 bridgehead atoms. The highest BCUT2D eigenvalue weighted by atomic mass is 32.2. The summed E-state index contributed by atoms with van der Waals surface area (Å²) in [6, 6.07) is 8.93. The van der Waals surface area contributed by atoms with E-state index in [1.165, 1.54) is 17.5 Å². The van der Waals surface area contributed by atoms with E-state index in [2.05, 4.69) is 9.88 Å². The molecule has 25 heavy (non-hydrogen) atoms. The van der Waals surface area contributed by atoms with Crippen LogP contribution in [0.1, 0.15) is 15.3 Å². The molecule has 0 aliphatic heterocycles. The van der Waals surface area contributed by atoms with E-state index in [1.807, 2.05) is 25.1 Å². The van der Waals surface area contributed by atoms with Crippen molar-refractivity contribution < 1.29 is 17.7 Å². The number of rotatable bonds is 6. The van der Waals surface area contributed by atoms with Crippen LogP contribution in [-0.2, 0) is 16.6 Å². The lowest BCUT2D eigenvalue weighted by atomic mass is 10.2. The Kier molecular flexibility index (Phi) is 4.94. The summed E-state index contributed by atoms with van der Waals surface area (Å²) in [6.45, 7) is 3.83. The summed E-state index contributed by atoms with van der Waals surface area (Å²) in [6.07, 6.45) is 1.50. The highest BCUT2D eigenvalue weighted by molar-refractivity contribution is 7.89. The van der Waals surface area contributed by atoms with Gasteiger partial charge in [-0.15, -0.1) is 11.3 Å². The van der Waals surface area contributed by atoms with Crippen LogP contribution < -0.4 is 9.46 Å². The molecule has 0 spiro atoms. The van der Waals surface area contributed by atoms with E-state index >= 15 is 0 Å². The summed E-state index contributed by atoms with van der Waals surface area (Å²) in [5.41, 5.74) is 1.38. The van der Waals surface area contributed by atoms with Crippen LogP contribution in [0, 0.1) is 13.8 Å². The minimum absolute atomic E-state index is 0.170. The van der Waals surface area contributed by atoms with Crippen molar-refractivity contribution in [3.8, 4) is 17.1 Å². The van der Waals surface area contributed by atoms with Gasteiger partial charge in [0.15, 0.2) is 5.76 Å². The molecule has 0 fully saturated rings. The molecule has 0 saturated heterocycles. The normalized spacial score (nSPS) is 11.6. The van der Waals surface area contributed by atoms with Gasteiger partial charge >= 0.3 is 0 Å². The first-order chi connectivity index (χ1) is 11.9. The number of benzene rings is 1. The Bertz CT molecular complexity index is 976. The molecule has 2 heterocycles. The van der Waals surface area contributed by atoms with E-state index in [4.69, 9.17) is 9.26 Å². The quantitative estimate of drug-likeness (QED) is 0.710. The predicted octanol–water partition coefficient (Wildman–Crippen LogP) is 3.51. The van der Waals surface area contributed by atoms with Gasteiger partial charge in [0, 0.05) is 22.4 Å². The molecule has 0 aliphatic carbocycles. The second-order valence-corrected chi connectivity index (χ2v) is 8.60. The largest absolute Gasteiger partial charge is 0.497 e. The average molecular weight is 378 g/mol. The number of aromatic nitrogens is 1. The van der Waals surface area contributed by atoms with Crippen molar-refractivity contribution in [2.45, 2.75) is 25.3 Å². The Balaban J connectivity index is 1.93. The van der Waals surface area contributed by atoms with E-state index < -0.39 is 10.0 Å². The summed E-state index contributed by atoms with van der Waals surface area (Å²) in [4.78, 5) is 1.83. The fourth-order valence-corrected chi connectivity index (χ4v) is 5.53. The topological polar surface area (TPSA) is 81.4 Å². The molecular formula is C17H18N2O4S2. The van der Waals surface area contributed by atoms with Crippen molar-refractivity contribution >= 4 is 21.4 Å². The standard InChI is InChI=1S/C17H18N2O4S2/c1-11-16(15-7-8-18-23-15)17(12(2)24-11)25(20,21)19-10-13-5-4-6-14(9-13)22-3/h4-9,19H,10H2,1-3H3. The number of ether oxygens (including phenoxy) is 1. The van der Waals surface area contributed by atoms with Crippen LogP contribution >= 0.6 is 11.3 Å². The monoisotopic (exact) mass is 378 g/mol. The molecule has 0 atom stereocenters. The minimum Gasteiger partial charge on any atom is -0.497 e. The van der Waals surface area contributed by atoms with E-state index in [-0.39, 0.29) is 11.4 Å². The summed E-state index contributed by atoms with van der Waals surface area (Å²) in [7, 11) is -2.14. The average Bonchev–Trinajstić information content (AvgIpc) is 3.20. The molecule has 1 aromatic carbocycles. The molecule has 0 unspecified atom stereocenters. The maximum atomic E-state index is 12.9. The SMILES string of the molecule is COc1cccc(CNS(=O)(=O)c2c(C)sc(C)c2-c2ccno2)c1. The highest BCUT2D eigenvalue weighted by Crippen LogP contribution is 2.38. The van der Waals surface area contributed by atoms with Crippen LogP contribution in [-0.4, -0.2) is 20.7 Å². The lowest BCUT2D eigenvalue weighted by Crippen LogP contribution is -2.24. The molecule has 132 valence electrons. The number of nitrogens with zero attached hydrogens (tertiary/aromatic N) is 1. The molecular weight excluding hydrogens is 360 g/mol. The third-order valence-corrected chi connectivity index (χ3v) is 6.48. The summed E-state index contributed by atoms with van der Waals surface area (Å²) in [5.74, 6) is 1.13. The lowest BCUT2D eigenvalue weighted by molar-refractivity contribution is 0.414. The minimum atomic E-state index is -3.71. The fraction of sp³-hybridized carbons (Fsp3) is 0.235. The zero-order valence-corrected chi connectivity index (χ0v) is 15.7. The highest BCUT2D eigenvalue weighted by Gasteiger charge is 2.27. The van der Waals surface area contributed by atoms with Crippen molar-refractivity contribution in [3.05, 3.63) is 51.8 Å². The van der Waals surface area contributed by atoms with Crippen molar-refractivity contribution in [1.82, 2.24) is 9.88 Å². The van der Waals surface area contributed by atoms with Gasteiger partial charge in [0.25, 0.3) is 0 Å². The van der Waals surface area contributed by atoms with Crippen LogP contribution in [0.2, 0.25) is 0 Å². The van der Waals surface area contributed by atoms with Gasteiger partial charge < -0.3 is 9.26 Å². The number of nitrogens with one attached hydrogen (secondary N) is 1. The first-order valence-corrected chi connectivity index (χ1v) is 9.86. The van der Waals surface area contributed by atoms with Crippen molar-refractivity contribution in [2.75, 3.05) is 7.11 Å². The van der Waals surface area contributed by atoms with Gasteiger partial charge in [-0.2, -0.15) is 0 Å². The number of thiophene rings is 1. The number of sulfonamides is 1. The molecule has 0 radical (unpaired) electrons. The van der Waals surface area contributed by atoms with Gasteiger partial charge in [-0.1, -0.05) is 17.3 Å². The van der Waals surface area contributed by atoms with E-state index in [0.29, 0.717) is 22.0 Å². The van der Waals surface area contributed by atoms with Crippen molar-refractivity contribution in [3.63, 3.8) is 0 Å². The predicted molar refractivity (Wildman–Crippen MR) is 96.3 cm³/mol. The number of methoxy groups -OCH3 is 1. The smallest absolute Gasteiger partial charge is 0.242 e. The number of hydrogen-bond donors (Lipinski definition) is 1. The number of aryl methyl sites for hydroxylation is 2. The van der Waals surface area contributed by atoms with Crippen LogP contribution in [0.4, 0.5) is 0 Å². The van der Waals surface area contributed by atoms with Gasteiger partial charge in [-0.3, -0.25) is 0 Å². The Morgan fingerprint density at radius 2 is 2.04 bits per heavy atom. The Labute approximate surface area is 150 Å². The molecule has 0 aliphatic rings. The molecule has 6 nitrogen and oxygen atoms in total. The fourth-order valence-electron chi connectivity index (χ4n) is 2.65. The summed E-state index contributed by atoms with van der Waals surface area (Å²) in [5, 5.41) is 3.69. The third-order valence-electron chi connectivity index (χ3n) is 3.76. The van der Waals surface area contributed by atoms with Gasteiger partial charge in [-0.05, 0) is 31.5 Å². The summed E-state index contributed by atoms with van der Waals surface area (Å²) < 4.78 is 38.8. The van der Waals surface area contributed by atoms with E-state index in [9.17, 15) is 8.42 Å². The van der Waals surface area contributed by atoms with Crippen LogP contribution in [0.15, 0.2) is 45.9 Å². The second kappa shape index (κ2) is 6.99. The van der Waals surface area contributed by atoms with Crippen molar-refractivity contribution in [2.24, 2.45) is 0 Å². The Hall–Kier alpha value is -2.16. The zero-order valence-electron chi connectivity index (χ0n) is 14.1. The Morgan fingerprint density at radius 3 is 2.72 bits per heavy atom. The van der Waals surface area contributed by atoms with Crippen molar-refractivity contribution in [1.29, 1.82) is 0 Å². The van der Waals surface area contributed by atoms with Gasteiger partial charge in [0.2, 0.25) is 10.0 Å². The summed E-state index contributed by atoms with van der Waals surface area (Å²) >= 11 is 1.42. The molecule has 1 N–H and O–H groups in total. The molecule has 3 aromatic rings. The zero-order chi connectivity index (χ0) is 18.0. The van der Waals surface area contributed by atoms with Gasteiger partial charge in [0.05, 0.1) is 18.9 Å². The Morgan fingerprint density at radius 1 is 1.24 bits per heavy atom. The maximum absolute atomic E-state index is 12.9. The molecule has 2 aromatic heterocycles. The third kappa shape index (κ3) is 3.60. The molecule has 0 amide bonds. The maximum Gasteiger partial charge on any atom is 0.242 e. The van der Waals surface area contributed by atoms with Crippen LogP contribution in [0.5, 0.6) is 5.75 Å². The molecule has 8 heteroatoms. The van der Waals surface area contributed by atoms with E-state index in [0.717, 1.165) is 10.4 Å². The van der Waals surface area contributed by atoms with Crippen LogP contribution in [0.3, 0.4) is 0 Å². The number of hydrogen-bond acceptors (Lipinski definition) is 6. The molecule has 3 rings (SSSR count). The second-order valence-electron chi connectivity index (χ2n) is 5.47. The van der Waals surface area contributed by atoms with E-state index in [1.54, 1.807) is 26.2 Å².